The van der Waals surface area contributed by atoms with Crippen LogP contribution in [0.5, 0.6) is 0 Å². The lowest BCUT2D eigenvalue weighted by Gasteiger charge is -2.39. The van der Waals surface area contributed by atoms with Gasteiger partial charge >= 0.3 is 0 Å². The Hall–Kier alpha value is -0.120. The molecule has 0 saturated heterocycles. The van der Waals surface area contributed by atoms with Crippen LogP contribution in [0.15, 0.2) is 0 Å². The molecule has 1 N–H and O–H groups in total. The van der Waals surface area contributed by atoms with Gasteiger partial charge in [-0.2, -0.15) is 0 Å². The standard InChI is InChI=1S/C17H36N2O/c1-5-19(16(2)3)15-17(14-18-12-13-20-4)10-8-6-7-9-11-17/h16,18H,5-15H2,1-4H3. The molecule has 3 heteroatoms. The van der Waals surface area contributed by atoms with Gasteiger partial charge in [-0.25, -0.2) is 0 Å². The molecule has 1 aliphatic carbocycles. The number of hydrogen-bond acceptors (Lipinski definition) is 3. The van der Waals surface area contributed by atoms with E-state index < -0.39 is 0 Å². The first-order valence-electron chi connectivity index (χ1n) is 8.57. The molecule has 0 heterocycles. The van der Waals surface area contributed by atoms with E-state index in [1.165, 1.54) is 45.1 Å². The third kappa shape index (κ3) is 6.11. The van der Waals surface area contributed by atoms with Gasteiger partial charge in [0.1, 0.15) is 0 Å². The van der Waals surface area contributed by atoms with E-state index in [1.54, 1.807) is 7.11 Å². The van der Waals surface area contributed by atoms with Crippen LogP contribution in [0.2, 0.25) is 0 Å². The van der Waals surface area contributed by atoms with Gasteiger partial charge in [0.15, 0.2) is 0 Å². The van der Waals surface area contributed by atoms with Crippen molar-refractivity contribution in [3.05, 3.63) is 0 Å². The van der Waals surface area contributed by atoms with E-state index in [0.29, 0.717) is 11.5 Å². The summed E-state index contributed by atoms with van der Waals surface area (Å²) >= 11 is 0. The van der Waals surface area contributed by atoms with Gasteiger partial charge in [0, 0.05) is 32.8 Å². The maximum absolute atomic E-state index is 5.16. The monoisotopic (exact) mass is 284 g/mol. The van der Waals surface area contributed by atoms with Crippen LogP contribution >= 0.6 is 0 Å². The fraction of sp³-hybridized carbons (Fsp3) is 1.00. The quantitative estimate of drug-likeness (QED) is 0.519. The molecule has 0 spiro atoms. The third-order valence-electron chi connectivity index (χ3n) is 4.82. The summed E-state index contributed by atoms with van der Waals surface area (Å²) in [6.07, 6.45) is 8.43. The van der Waals surface area contributed by atoms with Crippen molar-refractivity contribution < 1.29 is 4.74 Å². The van der Waals surface area contributed by atoms with Crippen LogP contribution in [-0.4, -0.2) is 50.8 Å². The molecular weight excluding hydrogens is 248 g/mol. The normalized spacial score (nSPS) is 19.5. The topological polar surface area (TPSA) is 24.5 Å². The summed E-state index contributed by atoms with van der Waals surface area (Å²) < 4.78 is 5.16. The summed E-state index contributed by atoms with van der Waals surface area (Å²) in [6, 6.07) is 0.652. The van der Waals surface area contributed by atoms with E-state index in [1.807, 2.05) is 0 Å². The molecule has 1 saturated carbocycles. The smallest absolute Gasteiger partial charge is 0.0587 e. The first-order valence-corrected chi connectivity index (χ1v) is 8.57. The van der Waals surface area contributed by atoms with E-state index in [4.69, 9.17) is 4.74 Å². The highest BCUT2D eigenvalue weighted by Gasteiger charge is 2.32. The Kier molecular flexibility index (Phi) is 8.74. The molecule has 1 aliphatic rings. The maximum atomic E-state index is 5.16. The Morgan fingerprint density at radius 3 is 2.30 bits per heavy atom. The van der Waals surface area contributed by atoms with Crippen LogP contribution in [0.3, 0.4) is 0 Å². The molecule has 0 radical (unpaired) electrons. The Morgan fingerprint density at radius 1 is 1.15 bits per heavy atom. The Balaban J connectivity index is 2.61. The van der Waals surface area contributed by atoms with Crippen LogP contribution < -0.4 is 5.32 Å². The van der Waals surface area contributed by atoms with Gasteiger partial charge in [0.05, 0.1) is 6.61 Å². The predicted octanol–water partition coefficient (Wildman–Crippen LogP) is 3.29. The van der Waals surface area contributed by atoms with Crippen molar-refractivity contribution in [1.82, 2.24) is 10.2 Å². The van der Waals surface area contributed by atoms with Gasteiger partial charge in [-0.1, -0.05) is 32.6 Å². The second kappa shape index (κ2) is 9.75. The van der Waals surface area contributed by atoms with Crippen LogP contribution in [0.25, 0.3) is 0 Å². The number of methoxy groups -OCH3 is 1. The van der Waals surface area contributed by atoms with Crippen LogP contribution in [-0.2, 0) is 4.74 Å². The molecule has 20 heavy (non-hydrogen) atoms. The maximum Gasteiger partial charge on any atom is 0.0587 e. The fourth-order valence-electron chi connectivity index (χ4n) is 3.49. The van der Waals surface area contributed by atoms with Gasteiger partial charge in [-0.3, -0.25) is 0 Å². The van der Waals surface area contributed by atoms with Gasteiger partial charge in [0.25, 0.3) is 0 Å². The Morgan fingerprint density at radius 2 is 1.80 bits per heavy atom. The minimum absolute atomic E-state index is 0.477. The predicted molar refractivity (Wildman–Crippen MR) is 87.3 cm³/mol. The van der Waals surface area contributed by atoms with Crippen molar-refractivity contribution in [1.29, 1.82) is 0 Å². The molecule has 0 aromatic rings. The first kappa shape index (κ1) is 17.9. The van der Waals surface area contributed by atoms with Crippen molar-refractivity contribution in [2.24, 2.45) is 5.41 Å². The summed E-state index contributed by atoms with van der Waals surface area (Å²) in [6.45, 7) is 12.3. The lowest BCUT2D eigenvalue weighted by Crippen LogP contribution is -2.46. The zero-order valence-electron chi connectivity index (χ0n) is 14.2. The third-order valence-corrected chi connectivity index (χ3v) is 4.82. The molecule has 120 valence electrons. The largest absolute Gasteiger partial charge is 0.383 e. The number of ether oxygens (including phenoxy) is 1. The van der Waals surface area contributed by atoms with Crippen LogP contribution in [0, 0.1) is 5.41 Å². The molecule has 1 fully saturated rings. The highest BCUT2D eigenvalue weighted by Crippen LogP contribution is 2.35. The van der Waals surface area contributed by atoms with E-state index in [2.05, 4.69) is 31.0 Å². The molecule has 0 aliphatic heterocycles. The summed E-state index contributed by atoms with van der Waals surface area (Å²) in [5.41, 5.74) is 0.477. The van der Waals surface area contributed by atoms with Gasteiger partial charge in [-0.15, -0.1) is 0 Å². The molecule has 1 rings (SSSR count). The molecular formula is C17H36N2O. The van der Waals surface area contributed by atoms with Crippen molar-refractivity contribution in [3.8, 4) is 0 Å². The van der Waals surface area contributed by atoms with Crippen molar-refractivity contribution in [2.75, 3.05) is 39.9 Å². The first-order chi connectivity index (χ1) is 9.63. The average molecular weight is 284 g/mol. The van der Waals surface area contributed by atoms with E-state index in [-0.39, 0.29) is 0 Å². The average Bonchev–Trinajstić information content (AvgIpc) is 2.67. The zero-order chi connectivity index (χ0) is 14.8. The van der Waals surface area contributed by atoms with Crippen molar-refractivity contribution in [3.63, 3.8) is 0 Å². The Labute approximate surface area is 126 Å². The SMILES string of the molecule is CCN(CC1(CNCCOC)CCCCCC1)C(C)C. The molecule has 3 nitrogen and oxygen atoms in total. The minimum atomic E-state index is 0.477. The van der Waals surface area contributed by atoms with E-state index >= 15 is 0 Å². The van der Waals surface area contributed by atoms with E-state index in [9.17, 15) is 0 Å². The zero-order valence-corrected chi connectivity index (χ0v) is 14.2. The van der Waals surface area contributed by atoms with Crippen molar-refractivity contribution in [2.45, 2.75) is 65.3 Å². The lowest BCUT2D eigenvalue weighted by atomic mass is 9.79. The van der Waals surface area contributed by atoms with E-state index in [0.717, 1.165) is 26.2 Å². The highest BCUT2D eigenvalue weighted by molar-refractivity contribution is 4.87. The minimum Gasteiger partial charge on any atom is -0.383 e. The number of nitrogens with zero attached hydrogens (tertiary/aromatic N) is 1. The number of hydrogen-bond donors (Lipinski definition) is 1. The van der Waals surface area contributed by atoms with Crippen LogP contribution in [0.1, 0.15) is 59.3 Å². The summed E-state index contributed by atoms with van der Waals surface area (Å²) in [5, 5.41) is 3.64. The second-order valence-corrected chi connectivity index (χ2v) is 6.74. The van der Waals surface area contributed by atoms with Crippen LogP contribution in [0.4, 0.5) is 0 Å². The highest BCUT2D eigenvalue weighted by atomic mass is 16.5. The lowest BCUT2D eigenvalue weighted by molar-refractivity contribution is 0.105. The Bertz CT molecular complexity index is 235. The van der Waals surface area contributed by atoms with Gasteiger partial charge in [-0.05, 0) is 38.6 Å². The molecule has 0 bridgehead atoms. The number of nitrogens with one attached hydrogen (secondary N) is 1. The molecule has 0 unspecified atom stereocenters. The molecule has 0 atom stereocenters. The summed E-state index contributed by atoms with van der Waals surface area (Å²) in [7, 11) is 1.78. The van der Waals surface area contributed by atoms with Crippen molar-refractivity contribution >= 4 is 0 Å². The summed E-state index contributed by atoms with van der Waals surface area (Å²) in [4.78, 5) is 2.64. The molecule has 0 aromatic heterocycles. The number of rotatable bonds is 9. The van der Waals surface area contributed by atoms with Gasteiger partial charge in [0.2, 0.25) is 0 Å². The fourth-order valence-corrected chi connectivity index (χ4v) is 3.49. The van der Waals surface area contributed by atoms with Gasteiger partial charge < -0.3 is 15.0 Å². The second-order valence-electron chi connectivity index (χ2n) is 6.74. The molecule has 0 amide bonds. The summed E-state index contributed by atoms with van der Waals surface area (Å²) in [5.74, 6) is 0. The molecule has 0 aromatic carbocycles.